The van der Waals surface area contributed by atoms with Crippen molar-refractivity contribution in [1.82, 2.24) is 9.78 Å². The summed E-state index contributed by atoms with van der Waals surface area (Å²) in [5, 5.41) is 4.00. The van der Waals surface area contributed by atoms with Crippen LogP contribution in [0.1, 0.15) is 10.4 Å². The van der Waals surface area contributed by atoms with Crippen molar-refractivity contribution in [2.75, 3.05) is 19.8 Å². The van der Waals surface area contributed by atoms with Gasteiger partial charge >= 0.3 is 5.97 Å². The summed E-state index contributed by atoms with van der Waals surface area (Å²) in [5.41, 5.74) is -0.298. The van der Waals surface area contributed by atoms with Crippen LogP contribution >= 0.6 is 0 Å². The van der Waals surface area contributed by atoms with Gasteiger partial charge in [-0.05, 0) is 18.2 Å². The van der Waals surface area contributed by atoms with Crippen LogP contribution in [0.15, 0.2) is 36.7 Å². The maximum Gasteiger partial charge on any atom is 0.341 e. The number of aromatic nitrogens is 2. The van der Waals surface area contributed by atoms with Crippen LogP contribution in [0, 0.1) is 11.6 Å². The van der Waals surface area contributed by atoms with Gasteiger partial charge in [-0.1, -0.05) is 0 Å². The summed E-state index contributed by atoms with van der Waals surface area (Å²) in [6.07, 6.45) is 3.47. The van der Waals surface area contributed by atoms with E-state index in [0.717, 1.165) is 12.1 Å². The molecular weight excluding hydrogens is 282 g/mol. The van der Waals surface area contributed by atoms with E-state index in [1.54, 1.807) is 23.1 Å². The van der Waals surface area contributed by atoms with Gasteiger partial charge in [0.05, 0.1) is 25.3 Å². The molecule has 0 amide bonds. The van der Waals surface area contributed by atoms with Gasteiger partial charge in [-0.2, -0.15) is 5.10 Å². The Balaban J connectivity index is 1.65. The molecule has 21 heavy (non-hydrogen) atoms. The van der Waals surface area contributed by atoms with Gasteiger partial charge in [0.15, 0.2) is 0 Å². The largest absolute Gasteiger partial charge is 0.460 e. The fraction of sp³-hybridized carbons (Fsp3) is 0.286. The predicted octanol–water partition coefficient (Wildman–Crippen LogP) is 2.03. The van der Waals surface area contributed by atoms with Gasteiger partial charge in [0, 0.05) is 18.5 Å². The van der Waals surface area contributed by atoms with E-state index in [0.29, 0.717) is 19.2 Å². The lowest BCUT2D eigenvalue weighted by molar-refractivity contribution is 0.0299. The highest BCUT2D eigenvalue weighted by molar-refractivity contribution is 5.89. The Bertz CT molecular complexity index is 588. The molecule has 5 nitrogen and oxygen atoms in total. The number of carbonyl (C=O) groups excluding carboxylic acids is 1. The maximum absolute atomic E-state index is 13.3. The van der Waals surface area contributed by atoms with Gasteiger partial charge in [-0.25, -0.2) is 13.6 Å². The lowest BCUT2D eigenvalue weighted by Gasteiger charge is -2.07. The molecule has 0 spiro atoms. The minimum atomic E-state index is -0.945. The summed E-state index contributed by atoms with van der Waals surface area (Å²) in [5.74, 6) is -2.53. The van der Waals surface area contributed by atoms with Crippen LogP contribution in [0.4, 0.5) is 8.78 Å². The minimum absolute atomic E-state index is 0.00520. The Morgan fingerprint density at radius 2 is 2.10 bits per heavy atom. The third-order valence-corrected chi connectivity index (χ3v) is 2.64. The summed E-state index contributed by atoms with van der Waals surface area (Å²) in [4.78, 5) is 11.5. The zero-order valence-electron chi connectivity index (χ0n) is 11.2. The first-order valence-corrected chi connectivity index (χ1v) is 6.34. The number of hydrogen-bond donors (Lipinski definition) is 0. The van der Waals surface area contributed by atoms with Crippen LogP contribution < -0.4 is 0 Å². The Morgan fingerprint density at radius 3 is 2.81 bits per heavy atom. The van der Waals surface area contributed by atoms with Crippen molar-refractivity contribution in [3.05, 3.63) is 53.9 Å². The van der Waals surface area contributed by atoms with Gasteiger partial charge in [0.2, 0.25) is 0 Å². The van der Waals surface area contributed by atoms with Crippen molar-refractivity contribution in [3.63, 3.8) is 0 Å². The van der Waals surface area contributed by atoms with Gasteiger partial charge < -0.3 is 9.47 Å². The number of halogens is 2. The lowest BCUT2D eigenvalue weighted by Crippen LogP contribution is -2.14. The van der Waals surface area contributed by atoms with Crippen LogP contribution in [-0.4, -0.2) is 35.6 Å². The molecule has 0 atom stereocenters. The maximum atomic E-state index is 13.3. The summed E-state index contributed by atoms with van der Waals surface area (Å²) < 4.78 is 37.8. The van der Waals surface area contributed by atoms with Gasteiger partial charge in [-0.3, -0.25) is 4.68 Å². The molecular formula is C14H14F2N2O3. The first-order chi connectivity index (χ1) is 10.2. The average molecular weight is 296 g/mol. The first kappa shape index (κ1) is 15.1. The monoisotopic (exact) mass is 296 g/mol. The second kappa shape index (κ2) is 7.49. The number of hydrogen-bond acceptors (Lipinski definition) is 4. The second-order valence-corrected chi connectivity index (χ2v) is 4.14. The number of rotatable bonds is 7. The van der Waals surface area contributed by atoms with Crippen LogP contribution in [-0.2, 0) is 16.0 Å². The minimum Gasteiger partial charge on any atom is -0.460 e. The molecule has 7 heteroatoms. The summed E-state index contributed by atoms with van der Waals surface area (Å²) in [6, 6.07) is 4.49. The number of esters is 1. The molecule has 0 saturated heterocycles. The van der Waals surface area contributed by atoms with Crippen molar-refractivity contribution in [1.29, 1.82) is 0 Å². The van der Waals surface area contributed by atoms with Crippen molar-refractivity contribution in [2.45, 2.75) is 6.54 Å². The van der Waals surface area contributed by atoms with E-state index < -0.39 is 17.6 Å². The fourth-order valence-electron chi connectivity index (χ4n) is 1.62. The van der Waals surface area contributed by atoms with E-state index in [1.807, 2.05) is 0 Å². The third kappa shape index (κ3) is 4.64. The molecule has 0 aliphatic carbocycles. The van der Waals surface area contributed by atoms with E-state index in [2.05, 4.69) is 5.10 Å². The molecule has 0 aliphatic heterocycles. The van der Waals surface area contributed by atoms with Crippen molar-refractivity contribution in [2.24, 2.45) is 0 Å². The number of carbonyl (C=O) groups is 1. The highest BCUT2D eigenvalue weighted by Gasteiger charge is 2.13. The summed E-state index contributed by atoms with van der Waals surface area (Å²) in [6.45, 7) is 1.20. The van der Waals surface area contributed by atoms with Crippen LogP contribution in [0.2, 0.25) is 0 Å². The van der Waals surface area contributed by atoms with E-state index in [-0.39, 0.29) is 18.8 Å². The molecule has 0 N–H and O–H groups in total. The van der Waals surface area contributed by atoms with E-state index >= 15 is 0 Å². The standard InChI is InChI=1S/C14H14F2N2O3/c15-11-2-3-12(13(16)10-11)14(19)21-9-8-20-7-6-18-5-1-4-17-18/h1-5,10H,6-9H2. The highest BCUT2D eigenvalue weighted by atomic mass is 19.1. The van der Waals surface area contributed by atoms with Crippen molar-refractivity contribution in [3.8, 4) is 0 Å². The molecule has 2 aromatic rings. The molecule has 2 rings (SSSR count). The van der Waals surface area contributed by atoms with Gasteiger partial charge in [0.25, 0.3) is 0 Å². The molecule has 1 aromatic heterocycles. The van der Waals surface area contributed by atoms with Crippen LogP contribution in [0.25, 0.3) is 0 Å². The SMILES string of the molecule is O=C(OCCOCCn1cccn1)c1ccc(F)cc1F. The topological polar surface area (TPSA) is 53.4 Å². The molecule has 0 saturated carbocycles. The quantitative estimate of drug-likeness (QED) is 0.579. The molecule has 0 aliphatic rings. The van der Waals surface area contributed by atoms with Gasteiger partial charge in [-0.15, -0.1) is 0 Å². The number of nitrogens with zero attached hydrogens (tertiary/aromatic N) is 2. The Morgan fingerprint density at radius 1 is 1.24 bits per heavy atom. The smallest absolute Gasteiger partial charge is 0.341 e. The second-order valence-electron chi connectivity index (χ2n) is 4.14. The molecule has 1 heterocycles. The molecule has 112 valence electrons. The third-order valence-electron chi connectivity index (χ3n) is 2.64. The molecule has 0 radical (unpaired) electrons. The van der Waals surface area contributed by atoms with E-state index in [4.69, 9.17) is 9.47 Å². The lowest BCUT2D eigenvalue weighted by atomic mass is 10.2. The Labute approximate surface area is 120 Å². The molecule has 0 unspecified atom stereocenters. The predicted molar refractivity (Wildman–Crippen MR) is 69.7 cm³/mol. The van der Waals surface area contributed by atoms with E-state index in [1.165, 1.54) is 0 Å². The van der Waals surface area contributed by atoms with Crippen LogP contribution in [0.5, 0.6) is 0 Å². The summed E-state index contributed by atoms with van der Waals surface area (Å²) >= 11 is 0. The first-order valence-electron chi connectivity index (χ1n) is 6.34. The van der Waals surface area contributed by atoms with Crippen molar-refractivity contribution >= 4 is 5.97 Å². The van der Waals surface area contributed by atoms with Crippen LogP contribution in [0.3, 0.4) is 0 Å². The Kier molecular flexibility index (Phi) is 5.39. The zero-order valence-corrected chi connectivity index (χ0v) is 11.2. The normalized spacial score (nSPS) is 10.6. The fourth-order valence-corrected chi connectivity index (χ4v) is 1.62. The Hall–Kier alpha value is -2.28. The summed E-state index contributed by atoms with van der Waals surface area (Å²) in [7, 11) is 0. The highest BCUT2D eigenvalue weighted by Crippen LogP contribution is 2.10. The molecule has 0 bridgehead atoms. The number of benzene rings is 1. The zero-order chi connectivity index (χ0) is 15.1. The van der Waals surface area contributed by atoms with Crippen molar-refractivity contribution < 1.29 is 23.0 Å². The molecule has 1 aromatic carbocycles. The average Bonchev–Trinajstić information content (AvgIpc) is 2.95. The number of ether oxygens (including phenoxy) is 2. The van der Waals surface area contributed by atoms with E-state index in [9.17, 15) is 13.6 Å². The molecule has 0 fully saturated rings. The van der Waals surface area contributed by atoms with Gasteiger partial charge in [0.1, 0.15) is 18.2 Å².